The molecule has 7 N–H and O–H groups in total. The number of alkyl carbamates (subject to hydrolysis) is 1. The lowest BCUT2D eigenvalue weighted by molar-refractivity contribution is -0.146. The molecule has 6 amide bonds. The van der Waals surface area contributed by atoms with E-state index in [1.807, 2.05) is 48.5 Å². The number of nitrogens with one attached hydrogen (secondary N) is 6. The second kappa shape index (κ2) is 28.2. The van der Waals surface area contributed by atoms with Crippen molar-refractivity contribution in [1.82, 2.24) is 41.5 Å². The van der Waals surface area contributed by atoms with Gasteiger partial charge in [0.1, 0.15) is 54.8 Å². The molecule has 0 fully saturated rings. The summed E-state index contributed by atoms with van der Waals surface area (Å²) in [5.41, 5.74) is 1.88. The maximum absolute atomic E-state index is 14.4. The highest BCUT2D eigenvalue weighted by Crippen LogP contribution is 2.44. The topological polar surface area (TPSA) is 301 Å². The van der Waals surface area contributed by atoms with E-state index in [2.05, 4.69) is 36.9 Å². The van der Waals surface area contributed by atoms with E-state index in [0.717, 1.165) is 26.8 Å². The maximum Gasteiger partial charge on any atom is 0.419 e. The number of carboxylic acid groups (broad SMARTS) is 1. The summed E-state index contributed by atoms with van der Waals surface area (Å²) >= 11 is 0. The van der Waals surface area contributed by atoms with Gasteiger partial charge in [0.15, 0.2) is 0 Å². The van der Waals surface area contributed by atoms with Gasteiger partial charge in [0, 0.05) is 31.4 Å². The van der Waals surface area contributed by atoms with Crippen molar-refractivity contribution >= 4 is 53.7 Å². The number of aromatic nitrogens is 2. The van der Waals surface area contributed by atoms with E-state index in [0.29, 0.717) is 11.1 Å². The Bertz CT molecular complexity index is 3070. The number of imidazole rings is 1. The minimum atomic E-state index is -1.87. The van der Waals surface area contributed by atoms with Gasteiger partial charge in [-0.05, 0) is 102 Å². The zero-order valence-corrected chi connectivity index (χ0v) is 48.1. The van der Waals surface area contributed by atoms with Gasteiger partial charge in [0.25, 0.3) is 0 Å². The molecule has 0 saturated carbocycles. The lowest BCUT2D eigenvalue weighted by Crippen LogP contribution is -2.62. The molecule has 4 aromatic carbocycles. The van der Waals surface area contributed by atoms with E-state index in [-0.39, 0.29) is 44.1 Å². The number of benzene rings is 4. The largest absolute Gasteiger partial charge is 0.480 e. The number of carboxylic acids is 1. The number of rotatable bonds is 25. The van der Waals surface area contributed by atoms with Crippen LogP contribution in [0.15, 0.2) is 122 Å². The third-order valence-corrected chi connectivity index (χ3v) is 13.0. The van der Waals surface area contributed by atoms with Gasteiger partial charge in [-0.15, -0.1) is 0 Å². The average Bonchev–Trinajstić information content (AvgIpc) is 2.56. The Kier molecular flexibility index (Phi) is 21.5. The zero-order chi connectivity index (χ0) is 60.6. The van der Waals surface area contributed by atoms with Crippen molar-refractivity contribution in [2.45, 2.75) is 148 Å². The van der Waals surface area contributed by atoms with E-state index in [1.165, 1.54) is 33.3 Å². The van der Waals surface area contributed by atoms with Crippen LogP contribution in [0.4, 0.5) is 9.59 Å². The van der Waals surface area contributed by atoms with Crippen LogP contribution in [-0.2, 0) is 72.0 Å². The Hall–Kier alpha value is -8.92. The molecular formula is C61H74N8O14. The molecule has 6 rings (SSSR count). The Morgan fingerprint density at radius 1 is 0.639 bits per heavy atom. The van der Waals surface area contributed by atoms with Crippen molar-refractivity contribution in [2.24, 2.45) is 0 Å². The first-order chi connectivity index (χ1) is 39.2. The zero-order valence-electron chi connectivity index (χ0n) is 48.1. The summed E-state index contributed by atoms with van der Waals surface area (Å²) < 4.78 is 23.8. The molecule has 442 valence electrons. The number of carbonyl (C=O) groups is 9. The normalized spacial score (nSPS) is 13.9. The van der Waals surface area contributed by atoms with Crippen LogP contribution in [0, 0.1) is 0 Å². The van der Waals surface area contributed by atoms with Crippen LogP contribution >= 0.6 is 0 Å². The number of hydrogen-bond donors (Lipinski definition) is 7. The van der Waals surface area contributed by atoms with Crippen LogP contribution in [0.5, 0.6) is 0 Å². The summed E-state index contributed by atoms with van der Waals surface area (Å²) in [4.78, 5) is 127. The molecule has 22 nitrogen and oxygen atoms in total. The van der Waals surface area contributed by atoms with Gasteiger partial charge in [-0.3, -0.25) is 28.8 Å². The van der Waals surface area contributed by atoms with E-state index in [1.54, 1.807) is 102 Å². The fourth-order valence-electron chi connectivity index (χ4n) is 9.06. The molecule has 0 radical (unpaired) electrons. The number of nitrogens with zero attached hydrogens (tertiary/aromatic N) is 2. The second-order valence-corrected chi connectivity index (χ2v) is 22.6. The smallest absolute Gasteiger partial charge is 0.419 e. The predicted octanol–water partition coefficient (Wildman–Crippen LogP) is 5.64. The molecule has 0 spiro atoms. The van der Waals surface area contributed by atoms with Crippen LogP contribution in [0.25, 0.3) is 11.1 Å². The number of ether oxygens (including phenoxy) is 4. The van der Waals surface area contributed by atoms with Crippen LogP contribution in [0.2, 0.25) is 0 Å². The molecule has 1 heterocycles. The van der Waals surface area contributed by atoms with Crippen molar-refractivity contribution in [2.75, 3.05) is 13.2 Å². The average molecular weight is 1140 g/mol. The first-order valence-electron chi connectivity index (χ1n) is 27.2. The summed E-state index contributed by atoms with van der Waals surface area (Å²) in [6.07, 6.45) is -1.35. The van der Waals surface area contributed by atoms with Gasteiger partial charge in [-0.1, -0.05) is 109 Å². The molecule has 0 bridgehead atoms. The molecule has 83 heavy (non-hydrogen) atoms. The first-order valence-corrected chi connectivity index (χ1v) is 27.2. The lowest BCUT2D eigenvalue weighted by Gasteiger charge is -2.31. The SMILES string of the molecule is C[C@@H](OC(C)(C)C)[C@H](NC(=O)CNC(=O)[C@H](CCC(=O)OCc1ccccc1)NC(=O)C(C)(C)NC(=O)[C@H](Cc1cn(C(=O)OC(C)(C)C)cn1)NC(=O)OCC1c2ccccc2-c2ccccc21)C(=O)N[C@@H](Cc1ccccc1)C(=O)O. The Morgan fingerprint density at radius 3 is 1.82 bits per heavy atom. The number of carbonyl (C=O) groups excluding carboxylic acids is 8. The molecule has 0 aliphatic heterocycles. The minimum Gasteiger partial charge on any atom is -0.480 e. The quantitative estimate of drug-likeness (QED) is 0.0275. The van der Waals surface area contributed by atoms with Crippen molar-refractivity contribution in [3.05, 3.63) is 150 Å². The van der Waals surface area contributed by atoms with Crippen molar-refractivity contribution in [3.8, 4) is 11.1 Å². The highest BCUT2D eigenvalue weighted by atomic mass is 16.6. The highest BCUT2D eigenvalue weighted by molar-refractivity contribution is 5.97. The number of esters is 1. The fourth-order valence-corrected chi connectivity index (χ4v) is 9.06. The molecule has 1 aliphatic carbocycles. The predicted molar refractivity (Wildman–Crippen MR) is 304 cm³/mol. The van der Waals surface area contributed by atoms with Crippen molar-refractivity contribution in [3.63, 3.8) is 0 Å². The Balaban J connectivity index is 1.17. The molecular weight excluding hydrogens is 1070 g/mol. The van der Waals surface area contributed by atoms with Gasteiger partial charge < -0.3 is 56.0 Å². The molecule has 5 atom stereocenters. The summed E-state index contributed by atoms with van der Waals surface area (Å²) in [6, 6.07) is 27.1. The van der Waals surface area contributed by atoms with Crippen LogP contribution in [0.3, 0.4) is 0 Å². The third-order valence-electron chi connectivity index (χ3n) is 13.0. The molecule has 1 aliphatic rings. The van der Waals surface area contributed by atoms with Crippen molar-refractivity contribution < 1.29 is 67.2 Å². The number of hydrogen-bond acceptors (Lipinski definition) is 14. The van der Waals surface area contributed by atoms with Crippen LogP contribution in [0.1, 0.15) is 109 Å². The van der Waals surface area contributed by atoms with Crippen LogP contribution in [-0.4, -0.2) is 128 Å². The standard InChI is InChI=1S/C61H74N8O14/c1-37(82-59(2,3)4)51(54(74)64-48(55(75)76)30-38-20-12-10-13-21-38)67-49(70)32-62-52(72)46(28-29-50(71)80-34-39-22-14-11-15-23-39)65-56(77)61(8,9)68-53(73)47(31-40-33-69(36-63-40)58(79)83-60(5,6)7)66-57(78)81-35-45-43-26-18-16-24-41(43)42-25-17-19-27-44(42)45/h10-27,33,36-37,45-48,51H,28-32,34-35H2,1-9H3,(H,62,72)(H,64,74)(H,65,77)(H,66,78)(H,67,70)(H,68,73)(H,75,76)/t37-,46+,47+,48+,51+/m1/s1. The number of aliphatic carboxylic acids is 1. The maximum atomic E-state index is 14.4. The van der Waals surface area contributed by atoms with E-state index >= 15 is 0 Å². The highest BCUT2D eigenvalue weighted by Gasteiger charge is 2.38. The van der Waals surface area contributed by atoms with Crippen molar-refractivity contribution in [1.29, 1.82) is 0 Å². The molecule has 0 unspecified atom stereocenters. The van der Waals surface area contributed by atoms with E-state index < -0.39 is 114 Å². The Labute approximate surface area is 482 Å². The fraction of sp³-hybridized carbons (Fsp3) is 0.410. The van der Waals surface area contributed by atoms with E-state index in [4.69, 9.17) is 18.9 Å². The van der Waals surface area contributed by atoms with Gasteiger partial charge in [-0.25, -0.2) is 23.9 Å². The summed E-state index contributed by atoms with van der Waals surface area (Å²) in [6.45, 7) is 13.5. The monoisotopic (exact) mass is 1140 g/mol. The molecule has 5 aromatic rings. The summed E-state index contributed by atoms with van der Waals surface area (Å²) in [5, 5.41) is 25.3. The lowest BCUT2D eigenvalue weighted by atomic mass is 9.98. The van der Waals surface area contributed by atoms with Gasteiger partial charge in [0.2, 0.25) is 29.5 Å². The van der Waals surface area contributed by atoms with Crippen LogP contribution < -0.4 is 31.9 Å². The first kappa shape index (κ1) is 63.3. The molecule has 1 aromatic heterocycles. The second-order valence-electron chi connectivity index (χ2n) is 22.6. The summed E-state index contributed by atoms with van der Waals surface area (Å²) in [7, 11) is 0. The van der Waals surface area contributed by atoms with Gasteiger partial charge >= 0.3 is 24.1 Å². The van der Waals surface area contributed by atoms with E-state index in [9.17, 15) is 48.3 Å². The third kappa shape index (κ3) is 19.1. The molecule has 0 saturated heterocycles. The van der Waals surface area contributed by atoms with Gasteiger partial charge in [0.05, 0.1) is 23.9 Å². The molecule has 22 heteroatoms. The van der Waals surface area contributed by atoms with Gasteiger partial charge in [-0.2, -0.15) is 0 Å². The number of fused-ring (bicyclic) bond motifs is 3. The number of amides is 6. The summed E-state index contributed by atoms with van der Waals surface area (Å²) in [5.74, 6) is -6.92. The minimum absolute atomic E-state index is 0.0666. The Morgan fingerprint density at radius 2 is 1.23 bits per heavy atom.